The summed E-state index contributed by atoms with van der Waals surface area (Å²) in [6.45, 7) is -0.269. The van der Waals surface area contributed by atoms with Crippen LogP contribution in [-0.2, 0) is 14.4 Å². The number of likely N-dealkylation sites (N-methyl/N-ethyl adjacent to an activating group) is 1. The molecule has 10 heteroatoms. The number of rotatable bonds is 9. The van der Waals surface area contributed by atoms with Crippen LogP contribution in [0.5, 0.6) is 5.75 Å². The van der Waals surface area contributed by atoms with Gasteiger partial charge in [0.15, 0.2) is 0 Å². The molecule has 30 heavy (non-hydrogen) atoms. The number of anilines is 2. The summed E-state index contributed by atoms with van der Waals surface area (Å²) in [5, 5.41) is 8.37. The van der Waals surface area contributed by atoms with Crippen LogP contribution in [0.2, 0.25) is 5.02 Å². The van der Waals surface area contributed by atoms with Crippen LogP contribution in [0.1, 0.15) is 0 Å². The van der Waals surface area contributed by atoms with E-state index < -0.39 is 0 Å². The Morgan fingerprint density at radius 3 is 2.37 bits per heavy atom. The Kier molecular flexibility index (Phi) is 9.10. The minimum absolute atomic E-state index is 0.0355. The fraction of sp³-hybridized carbons (Fsp3) is 0.250. The number of amides is 3. The first-order valence-electron chi connectivity index (χ1n) is 8.91. The second kappa shape index (κ2) is 11.5. The molecule has 2 aromatic rings. The Hall–Kier alpha value is -2.62. The third-order valence-corrected chi connectivity index (χ3v) is 4.78. The van der Waals surface area contributed by atoms with Crippen molar-refractivity contribution in [3.8, 4) is 5.75 Å². The summed E-state index contributed by atoms with van der Waals surface area (Å²) in [6, 6.07) is 12.0. The van der Waals surface area contributed by atoms with Crippen LogP contribution in [0.25, 0.3) is 0 Å². The van der Waals surface area contributed by atoms with Crippen molar-refractivity contribution in [3.63, 3.8) is 0 Å². The molecule has 0 atom stereocenters. The van der Waals surface area contributed by atoms with Gasteiger partial charge in [0.2, 0.25) is 17.7 Å². The molecule has 0 fully saturated rings. The van der Waals surface area contributed by atoms with E-state index in [1.807, 2.05) is 6.07 Å². The average Bonchev–Trinajstić information content (AvgIpc) is 2.68. The summed E-state index contributed by atoms with van der Waals surface area (Å²) < 4.78 is 5.93. The van der Waals surface area contributed by atoms with Crippen LogP contribution < -0.4 is 20.7 Å². The molecule has 2 rings (SSSR count). The molecule has 160 valence electrons. The quantitative estimate of drug-likeness (QED) is 0.495. The van der Waals surface area contributed by atoms with Gasteiger partial charge in [-0.15, -0.1) is 0 Å². The molecule has 0 saturated heterocycles. The molecule has 0 unspecified atom stereocenters. The summed E-state index contributed by atoms with van der Waals surface area (Å²) in [7, 11) is 3.11. The summed E-state index contributed by atoms with van der Waals surface area (Å²) in [5.74, 6) is -0.599. The molecule has 0 bridgehead atoms. The lowest BCUT2D eigenvalue weighted by Gasteiger charge is -2.17. The third-order valence-electron chi connectivity index (χ3n) is 3.86. The van der Waals surface area contributed by atoms with Crippen LogP contribution >= 0.6 is 27.5 Å². The molecular formula is C20H22BrClN4O4. The van der Waals surface area contributed by atoms with Gasteiger partial charge in [0.1, 0.15) is 5.75 Å². The number of hydrogen-bond donors (Lipinski definition) is 3. The van der Waals surface area contributed by atoms with Gasteiger partial charge in [-0.2, -0.15) is 0 Å². The number of carbonyl (C=O) groups is 3. The lowest BCUT2D eigenvalue weighted by atomic mass is 10.3. The van der Waals surface area contributed by atoms with Crippen molar-refractivity contribution in [3.05, 3.63) is 52.0 Å². The van der Waals surface area contributed by atoms with Gasteiger partial charge >= 0.3 is 0 Å². The van der Waals surface area contributed by atoms with Crippen molar-refractivity contribution < 1.29 is 19.1 Å². The van der Waals surface area contributed by atoms with Crippen molar-refractivity contribution in [1.29, 1.82) is 0 Å². The van der Waals surface area contributed by atoms with Crippen molar-refractivity contribution in [2.45, 2.75) is 0 Å². The minimum Gasteiger partial charge on any atom is -0.495 e. The van der Waals surface area contributed by atoms with Gasteiger partial charge in [0.05, 0.1) is 38.1 Å². The van der Waals surface area contributed by atoms with E-state index >= 15 is 0 Å². The number of carbonyl (C=O) groups excluding carboxylic acids is 3. The molecule has 0 heterocycles. The Labute approximate surface area is 188 Å². The predicted octanol–water partition coefficient (Wildman–Crippen LogP) is 2.74. The molecule has 8 nitrogen and oxygen atoms in total. The molecule has 0 saturated carbocycles. The standard InChI is InChI=1S/C20H22BrClN4O4/c1-26(12-20(29)25-16-9-13(22)7-8-17(16)30-2)11-19(28)23-10-18(27)24-15-6-4-3-5-14(15)21/h3-9H,10-12H2,1-2H3,(H,23,28)(H,24,27)(H,25,29). The molecule has 0 aromatic heterocycles. The fourth-order valence-corrected chi connectivity index (χ4v) is 3.06. The van der Waals surface area contributed by atoms with E-state index in [4.69, 9.17) is 16.3 Å². The number of nitrogens with zero attached hydrogens (tertiary/aromatic N) is 1. The minimum atomic E-state index is -0.382. The zero-order chi connectivity index (χ0) is 22.1. The molecule has 3 N–H and O–H groups in total. The monoisotopic (exact) mass is 496 g/mol. The van der Waals surface area contributed by atoms with E-state index in [0.717, 1.165) is 4.47 Å². The van der Waals surface area contributed by atoms with Crippen molar-refractivity contribution in [1.82, 2.24) is 10.2 Å². The number of nitrogens with one attached hydrogen (secondary N) is 3. The molecule has 0 aliphatic rings. The van der Waals surface area contributed by atoms with Gasteiger partial charge in [0.25, 0.3) is 0 Å². The van der Waals surface area contributed by atoms with Gasteiger partial charge in [-0.3, -0.25) is 19.3 Å². The summed E-state index contributed by atoms with van der Waals surface area (Å²) in [6.07, 6.45) is 0. The van der Waals surface area contributed by atoms with Crippen LogP contribution in [0.3, 0.4) is 0 Å². The first-order chi connectivity index (χ1) is 14.3. The average molecular weight is 498 g/mol. The van der Waals surface area contributed by atoms with E-state index in [1.54, 1.807) is 43.4 Å². The maximum atomic E-state index is 12.2. The maximum Gasteiger partial charge on any atom is 0.243 e. The van der Waals surface area contributed by atoms with E-state index in [1.165, 1.54) is 12.0 Å². The molecule has 3 amide bonds. The highest BCUT2D eigenvalue weighted by atomic mass is 79.9. The smallest absolute Gasteiger partial charge is 0.243 e. The number of halogens is 2. The van der Waals surface area contributed by atoms with Crippen LogP contribution in [0.15, 0.2) is 46.9 Å². The summed E-state index contributed by atoms with van der Waals surface area (Å²) in [4.78, 5) is 37.8. The summed E-state index contributed by atoms with van der Waals surface area (Å²) in [5.41, 5.74) is 1.05. The first-order valence-corrected chi connectivity index (χ1v) is 10.1. The highest BCUT2D eigenvalue weighted by molar-refractivity contribution is 9.10. The molecular weight excluding hydrogens is 476 g/mol. The molecule has 2 aromatic carbocycles. The largest absolute Gasteiger partial charge is 0.495 e. The van der Waals surface area contributed by atoms with Crippen LogP contribution in [-0.4, -0.2) is 56.4 Å². The highest BCUT2D eigenvalue weighted by Crippen LogP contribution is 2.27. The van der Waals surface area contributed by atoms with Gasteiger partial charge in [-0.1, -0.05) is 23.7 Å². The molecule has 0 aliphatic carbocycles. The molecule has 0 aliphatic heterocycles. The number of methoxy groups -OCH3 is 1. The zero-order valence-electron chi connectivity index (χ0n) is 16.5. The van der Waals surface area contributed by atoms with Gasteiger partial charge < -0.3 is 20.7 Å². The van der Waals surface area contributed by atoms with E-state index in [0.29, 0.717) is 22.1 Å². The maximum absolute atomic E-state index is 12.2. The predicted molar refractivity (Wildman–Crippen MR) is 120 cm³/mol. The SMILES string of the molecule is COc1ccc(Cl)cc1NC(=O)CN(C)CC(=O)NCC(=O)Nc1ccccc1Br. The van der Waals surface area contributed by atoms with Crippen LogP contribution in [0, 0.1) is 0 Å². The normalized spacial score (nSPS) is 10.4. The summed E-state index contributed by atoms with van der Waals surface area (Å²) >= 11 is 9.28. The highest BCUT2D eigenvalue weighted by Gasteiger charge is 2.14. The zero-order valence-corrected chi connectivity index (χ0v) is 18.8. The first kappa shape index (κ1) is 23.7. The third kappa shape index (κ3) is 7.66. The Morgan fingerprint density at radius 1 is 1.00 bits per heavy atom. The lowest BCUT2D eigenvalue weighted by Crippen LogP contribution is -2.41. The van der Waals surface area contributed by atoms with Crippen molar-refractivity contribution in [2.75, 3.05) is 44.4 Å². The van der Waals surface area contributed by atoms with Gasteiger partial charge in [-0.25, -0.2) is 0 Å². The second-order valence-electron chi connectivity index (χ2n) is 6.37. The lowest BCUT2D eigenvalue weighted by molar-refractivity contribution is -0.125. The van der Waals surface area contributed by atoms with Crippen molar-refractivity contribution >= 4 is 56.6 Å². The Balaban J connectivity index is 1.76. The van der Waals surface area contributed by atoms with Gasteiger partial charge in [0, 0.05) is 9.50 Å². The number of para-hydroxylation sites is 1. The fourth-order valence-electron chi connectivity index (χ4n) is 2.51. The van der Waals surface area contributed by atoms with E-state index in [9.17, 15) is 14.4 Å². The number of ether oxygens (including phenoxy) is 1. The van der Waals surface area contributed by atoms with Crippen molar-refractivity contribution in [2.24, 2.45) is 0 Å². The Morgan fingerprint density at radius 2 is 1.67 bits per heavy atom. The van der Waals surface area contributed by atoms with E-state index in [2.05, 4.69) is 31.9 Å². The molecule has 0 radical (unpaired) electrons. The molecule has 0 spiro atoms. The Bertz CT molecular complexity index is 925. The van der Waals surface area contributed by atoms with Crippen LogP contribution in [0.4, 0.5) is 11.4 Å². The van der Waals surface area contributed by atoms with Gasteiger partial charge in [-0.05, 0) is 53.3 Å². The number of hydrogen-bond acceptors (Lipinski definition) is 5. The number of benzene rings is 2. The van der Waals surface area contributed by atoms with E-state index in [-0.39, 0.29) is 37.4 Å². The topological polar surface area (TPSA) is 99.8 Å². The second-order valence-corrected chi connectivity index (χ2v) is 7.66.